The van der Waals surface area contributed by atoms with E-state index < -0.39 is 17.6 Å². The SMILES string of the molecule is CC(N)C(C)C(=O)Nc1cc(F)cc(F)c1. The molecule has 3 nitrogen and oxygen atoms in total. The van der Waals surface area contributed by atoms with Gasteiger partial charge in [0.05, 0.1) is 5.92 Å². The van der Waals surface area contributed by atoms with Gasteiger partial charge in [0.25, 0.3) is 0 Å². The smallest absolute Gasteiger partial charge is 0.228 e. The van der Waals surface area contributed by atoms with Crippen LogP contribution < -0.4 is 11.1 Å². The van der Waals surface area contributed by atoms with E-state index in [0.717, 1.165) is 18.2 Å². The quantitative estimate of drug-likeness (QED) is 0.830. The number of rotatable bonds is 3. The minimum atomic E-state index is -0.733. The Bertz CT molecular complexity index is 373. The molecule has 0 aliphatic rings. The van der Waals surface area contributed by atoms with E-state index in [2.05, 4.69) is 5.32 Å². The number of hydrogen-bond donors (Lipinski definition) is 2. The molecule has 3 N–H and O–H groups in total. The lowest BCUT2D eigenvalue weighted by Gasteiger charge is -2.15. The van der Waals surface area contributed by atoms with Gasteiger partial charge in [0.1, 0.15) is 11.6 Å². The van der Waals surface area contributed by atoms with Gasteiger partial charge in [-0.1, -0.05) is 6.92 Å². The Balaban J connectivity index is 2.77. The van der Waals surface area contributed by atoms with Crippen LogP contribution in [-0.2, 0) is 4.79 Å². The van der Waals surface area contributed by atoms with Gasteiger partial charge in [0.2, 0.25) is 5.91 Å². The summed E-state index contributed by atoms with van der Waals surface area (Å²) in [4.78, 5) is 11.5. The summed E-state index contributed by atoms with van der Waals surface area (Å²) in [5, 5.41) is 2.41. The van der Waals surface area contributed by atoms with Crippen LogP contribution in [0.5, 0.6) is 0 Å². The largest absolute Gasteiger partial charge is 0.327 e. The Hall–Kier alpha value is -1.49. The summed E-state index contributed by atoms with van der Waals surface area (Å²) in [5.41, 5.74) is 5.63. The number of hydrogen-bond acceptors (Lipinski definition) is 2. The van der Waals surface area contributed by atoms with Gasteiger partial charge in [-0.3, -0.25) is 4.79 Å². The highest BCUT2D eigenvalue weighted by Gasteiger charge is 2.17. The molecule has 0 radical (unpaired) electrons. The lowest BCUT2D eigenvalue weighted by atomic mass is 10.0. The molecule has 88 valence electrons. The van der Waals surface area contributed by atoms with E-state index in [-0.39, 0.29) is 17.6 Å². The zero-order chi connectivity index (χ0) is 12.3. The van der Waals surface area contributed by atoms with Crippen LogP contribution in [0.3, 0.4) is 0 Å². The molecule has 0 saturated heterocycles. The number of benzene rings is 1. The van der Waals surface area contributed by atoms with E-state index in [1.165, 1.54) is 0 Å². The molecule has 1 amide bonds. The monoisotopic (exact) mass is 228 g/mol. The number of nitrogens with two attached hydrogens (primary N) is 1. The molecule has 1 aromatic carbocycles. The first-order valence-electron chi connectivity index (χ1n) is 4.92. The third-order valence-corrected chi connectivity index (χ3v) is 2.33. The minimum absolute atomic E-state index is 0.0926. The van der Waals surface area contributed by atoms with Gasteiger partial charge in [-0.2, -0.15) is 0 Å². The third-order valence-electron chi connectivity index (χ3n) is 2.33. The molecule has 1 rings (SSSR count). The summed E-state index contributed by atoms with van der Waals surface area (Å²) >= 11 is 0. The summed E-state index contributed by atoms with van der Waals surface area (Å²) in [6.45, 7) is 3.34. The number of carbonyl (C=O) groups is 1. The van der Waals surface area contributed by atoms with Crippen LogP contribution in [0.2, 0.25) is 0 Å². The zero-order valence-electron chi connectivity index (χ0n) is 9.13. The number of amides is 1. The maximum absolute atomic E-state index is 12.8. The standard InChI is InChI=1S/C11H14F2N2O/c1-6(7(2)14)11(16)15-10-4-8(12)3-9(13)5-10/h3-7H,14H2,1-2H3,(H,15,16). The molecular weight excluding hydrogens is 214 g/mol. The third kappa shape index (κ3) is 3.27. The Morgan fingerprint density at radius 3 is 2.19 bits per heavy atom. The molecular formula is C11H14F2N2O. The second kappa shape index (κ2) is 5.03. The van der Waals surface area contributed by atoms with Crippen molar-refractivity contribution in [3.63, 3.8) is 0 Å². The summed E-state index contributed by atoms with van der Waals surface area (Å²) in [6, 6.07) is 2.52. The molecule has 0 aliphatic carbocycles. The molecule has 0 saturated carbocycles. The van der Waals surface area contributed by atoms with Crippen LogP contribution in [0.25, 0.3) is 0 Å². The lowest BCUT2D eigenvalue weighted by Crippen LogP contribution is -2.34. The highest BCUT2D eigenvalue weighted by Crippen LogP contribution is 2.14. The molecule has 2 unspecified atom stereocenters. The van der Waals surface area contributed by atoms with Crippen LogP contribution in [0.15, 0.2) is 18.2 Å². The average Bonchev–Trinajstić information content (AvgIpc) is 2.14. The highest BCUT2D eigenvalue weighted by molar-refractivity contribution is 5.92. The molecule has 0 bridgehead atoms. The lowest BCUT2D eigenvalue weighted by molar-refractivity contribution is -0.119. The molecule has 0 aromatic heterocycles. The van der Waals surface area contributed by atoms with E-state index in [1.807, 2.05) is 0 Å². The van der Waals surface area contributed by atoms with E-state index >= 15 is 0 Å². The highest BCUT2D eigenvalue weighted by atomic mass is 19.1. The van der Waals surface area contributed by atoms with Crippen LogP contribution in [0.1, 0.15) is 13.8 Å². The van der Waals surface area contributed by atoms with Crippen molar-refractivity contribution in [1.29, 1.82) is 0 Å². The summed E-state index contributed by atoms with van der Waals surface area (Å²) in [5.74, 6) is -2.25. The van der Waals surface area contributed by atoms with Gasteiger partial charge in [-0.05, 0) is 19.1 Å². The number of carbonyl (C=O) groups excluding carboxylic acids is 1. The van der Waals surface area contributed by atoms with Crippen molar-refractivity contribution in [1.82, 2.24) is 0 Å². The van der Waals surface area contributed by atoms with Crippen molar-refractivity contribution in [2.24, 2.45) is 11.7 Å². The van der Waals surface area contributed by atoms with Crippen molar-refractivity contribution in [3.8, 4) is 0 Å². The maximum Gasteiger partial charge on any atom is 0.228 e. The predicted octanol–water partition coefficient (Wildman–Crippen LogP) is 1.89. The van der Waals surface area contributed by atoms with Crippen LogP contribution in [0.4, 0.5) is 14.5 Å². The van der Waals surface area contributed by atoms with Crippen molar-refractivity contribution in [2.75, 3.05) is 5.32 Å². The van der Waals surface area contributed by atoms with E-state index in [9.17, 15) is 13.6 Å². The van der Waals surface area contributed by atoms with Crippen LogP contribution >= 0.6 is 0 Å². The van der Waals surface area contributed by atoms with Gasteiger partial charge >= 0.3 is 0 Å². The molecule has 16 heavy (non-hydrogen) atoms. The fraction of sp³-hybridized carbons (Fsp3) is 0.364. The predicted molar refractivity (Wildman–Crippen MR) is 57.8 cm³/mol. The van der Waals surface area contributed by atoms with Crippen LogP contribution in [0, 0.1) is 17.6 Å². The zero-order valence-corrected chi connectivity index (χ0v) is 9.13. The second-order valence-electron chi connectivity index (χ2n) is 3.80. The Morgan fingerprint density at radius 2 is 1.75 bits per heavy atom. The summed E-state index contributed by atoms with van der Waals surface area (Å²) in [6.07, 6.45) is 0. The molecule has 2 atom stereocenters. The first-order chi connectivity index (χ1) is 7.40. The van der Waals surface area contributed by atoms with Gasteiger partial charge in [0.15, 0.2) is 0 Å². The number of anilines is 1. The molecule has 0 heterocycles. The number of halogens is 2. The van der Waals surface area contributed by atoms with Gasteiger partial charge < -0.3 is 11.1 Å². The topological polar surface area (TPSA) is 55.1 Å². The first-order valence-corrected chi connectivity index (χ1v) is 4.92. The maximum atomic E-state index is 12.8. The van der Waals surface area contributed by atoms with Crippen molar-refractivity contribution >= 4 is 11.6 Å². The Kier molecular flexibility index (Phi) is 3.95. The molecule has 0 fully saturated rings. The summed E-state index contributed by atoms with van der Waals surface area (Å²) < 4.78 is 25.6. The van der Waals surface area contributed by atoms with Crippen LogP contribution in [-0.4, -0.2) is 11.9 Å². The first kappa shape index (κ1) is 12.6. The molecule has 0 aliphatic heterocycles. The Labute approximate surface area is 92.6 Å². The van der Waals surface area contributed by atoms with Crippen molar-refractivity contribution in [3.05, 3.63) is 29.8 Å². The summed E-state index contributed by atoms with van der Waals surface area (Å²) in [7, 11) is 0. The van der Waals surface area contributed by atoms with E-state index in [0.29, 0.717) is 0 Å². The minimum Gasteiger partial charge on any atom is -0.327 e. The number of nitrogens with one attached hydrogen (secondary N) is 1. The van der Waals surface area contributed by atoms with Crippen molar-refractivity contribution in [2.45, 2.75) is 19.9 Å². The Morgan fingerprint density at radius 1 is 1.25 bits per heavy atom. The molecule has 5 heteroatoms. The van der Waals surface area contributed by atoms with E-state index in [4.69, 9.17) is 5.73 Å². The molecule has 0 spiro atoms. The van der Waals surface area contributed by atoms with Crippen molar-refractivity contribution < 1.29 is 13.6 Å². The average molecular weight is 228 g/mol. The fourth-order valence-electron chi connectivity index (χ4n) is 1.12. The van der Waals surface area contributed by atoms with Gasteiger partial charge in [0, 0.05) is 17.8 Å². The van der Waals surface area contributed by atoms with Gasteiger partial charge in [-0.15, -0.1) is 0 Å². The fourth-order valence-corrected chi connectivity index (χ4v) is 1.12. The van der Waals surface area contributed by atoms with E-state index in [1.54, 1.807) is 13.8 Å². The normalized spacial score (nSPS) is 14.3. The second-order valence-corrected chi connectivity index (χ2v) is 3.80. The molecule has 1 aromatic rings. The van der Waals surface area contributed by atoms with Gasteiger partial charge in [-0.25, -0.2) is 8.78 Å².